The Morgan fingerprint density at radius 2 is 2.22 bits per heavy atom. The molecule has 0 saturated heterocycles. The Morgan fingerprint density at radius 3 is 2.56 bits per heavy atom. The molecule has 0 aliphatic rings. The van der Waals surface area contributed by atoms with Gasteiger partial charge in [-0.2, -0.15) is 5.06 Å². The van der Waals surface area contributed by atoms with Crippen LogP contribution in [0.15, 0.2) is 0 Å². The highest BCUT2D eigenvalue weighted by molar-refractivity contribution is 5.66. The van der Waals surface area contributed by atoms with Crippen LogP contribution in [-0.4, -0.2) is 34.4 Å². The Bertz CT molecular complexity index is 94.2. The normalized spacial score (nSPS) is 10.1. The van der Waals surface area contributed by atoms with Gasteiger partial charge in [0.05, 0.1) is 6.42 Å². The van der Waals surface area contributed by atoms with Gasteiger partial charge >= 0.3 is 5.97 Å². The van der Waals surface area contributed by atoms with E-state index in [4.69, 9.17) is 10.3 Å². The van der Waals surface area contributed by atoms with E-state index in [-0.39, 0.29) is 13.0 Å². The summed E-state index contributed by atoms with van der Waals surface area (Å²) in [6.45, 7) is 2.42. The smallest absolute Gasteiger partial charge is 0.304 e. The van der Waals surface area contributed by atoms with Gasteiger partial charge in [-0.1, -0.05) is 6.92 Å². The van der Waals surface area contributed by atoms with Gasteiger partial charge in [0.25, 0.3) is 0 Å². The van der Waals surface area contributed by atoms with Crippen molar-refractivity contribution in [2.75, 3.05) is 13.1 Å². The standard InChI is InChI=1S/C5H11NO3/c1-2-6(9)4-3-5(7)8/h9H,2-4H2,1H3,(H,7,8). The molecule has 0 fully saturated rings. The van der Waals surface area contributed by atoms with Gasteiger partial charge in [-0.05, 0) is 0 Å². The second-order valence-electron chi connectivity index (χ2n) is 1.69. The SMILES string of the molecule is CCN(O)CCC(=O)O. The first-order valence-electron chi connectivity index (χ1n) is 2.82. The molecular weight excluding hydrogens is 122 g/mol. The molecule has 0 saturated carbocycles. The summed E-state index contributed by atoms with van der Waals surface area (Å²) in [6.07, 6.45) is -0.00958. The summed E-state index contributed by atoms with van der Waals surface area (Å²) >= 11 is 0. The van der Waals surface area contributed by atoms with Crippen LogP contribution in [0, 0.1) is 0 Å². The lowest BCUT2D eigenvalue weighted by atomic mass is 10.4. The molecule has 0 atom stereocenters. The molecule has 0 aromatic heterocycles. The van der Waals surface area contributed by atoms with Crippen LogP contribution in [0.4, 0.5) is 0 Å². The zero-order valence-corrected chi connectivity index (χ0v) is 5.37. The minimum Gasteiger partial charge on any atom is -0.481 e. The lowest BCUT2D eigenvalue weighted by Crippen LogP contribution is -2.21. The quantitative estimate of drug-likeness (QED) is 0.537. The summed E-state index contributed by atoms with van der Waals surface area (Å²) in [4.78, 5) is 9.88. The summed E-state index contributed by atoms with van der Waals surface area (Å²) in [6, 6.07) is 0. The van der Waals surface area contributed by atoms with E-state index in [1.165, 1.54) is 0 Å². The lowest BCUT2D eigenvalue weighted by Gasteiger charge is -2.08. The molecule has 0 amide bonds. The van der Waals surface area contributed by atoms with Crippen molar-refractivity contribution in [2.45, 2.75) is 13.3 Å². The molecule has 0 aromatic rings. The molecule has 0 heterocycles. The van der Waals surface area contributed by atoms with Crippen molar-refractivity contribution >= 4 is 5.97 Å². The summed E-state index contributed by atoms with van der Waals surface area (Å²) in [5.74, 6) is -0.887. The van der Waals surface area contributed by atoms with E-state index in [9.17, 15) is 4.79 Å². The Balaban J connectivity index is 3.16. The Hall–Kier alpha value is -0.610. The van der Waals surface area contributed by atoms with Gasteiger partial charge < -0.3 is 10.3 Å². The third-order valence-corrected chi connectivity index (χ3v) is 0.949. The number of hydrogen-bond acceptors (Lipinski definition) is 3. The van der Waals surface area contributed by atoms with E-state index in [1.807, 2.05) is 0 Å². The first kappa shape index (κ1) is 8.39. The maximum absolute atomic E-state index is 9.88. The predicted octanol–water partition coefficient (Wildman–Crippen LogP) is 0.172. The van der Waals surface area contributed by atoms with Gasteiger partial charge in [-0.3, -0.25) is 4.79 Å². The van der Waals surface area contributed by atoms with Crippen LogP contribution in [0.2, 0.25) is 0 Å². The molecule has 0 aliphatic heterocycles. The van der Waals surface area contributed by atoms with Gasteiger partial charge in [0.15, 0.2) is 0 Å². The topological polar surface area (TPSA) is 60.8 Å². The fraction of sp³-hybridized carbons (Fsp3) is 0.800. The minimum absolute atomic E-state index is 0.00958. The molecule has 2 N–H and O–H groups in total. The molecule has 4 heteroatoms. The average Bonchev–Trinajstić information content (AvgIpc) is 1.83. The van der Waals surface area contributed by atoms with Crippen LogP contribution in [-0.2, 0) is 4.79 Å². The van der Waals surface area contributed by atoms with E-state index in [1.54, 1.807) is 6.92 Å². The number of carbonyl (C=O) groups is 1. The Kier molecular flexibility index (Phi) is 4.00. The molecular formula is C5H11NO3. The van der Waals surface area contributed by atoms with Crippen molar-refractivity contribution in [3.8, 4) is 0 Å². The van der Waals surface area contributed by atoms with E-state index < -0.39 is 5.97 Å². The number of rotatable bonds is 4. The highest BCUT2D eigenvalue weighted by atomic mass is 16.5. The third kappa shape index (κ3) is 5.26. The summed E-state index contributed by atoms with van der Waals surface area (Å²) in [7, 11) is 0. The number of carboxylic acids is 1. The molecule has 0 bridgehead atoms. The van der Waals surface area contributed by atoms with E-state index in [0.29, 0.717) is 6.54 Å². The van der Waals surface area contributed by atoms with Crippen LogP contribution >= 0.6 is 0 Å². The molecule has 54 valence electrons. The van der Waals surface area contributed by atoms with Crippen molar-refractivity contribution in [3.05, 3.63) is 0 Å². The minimum atomic E-state index is -0.887. The zero-order chi connectivity index (χ0) is 7.28. The molecule has 0 aliphatic carbocycles. The number of aliphatic carboxylic acids is 1. The van der Waals surface area contributed by atoms with Gasteiger partial charge in [0.2, 0.25) is 0 Å². The second kappa shape index (κ2) is 4.29. The van der Waals surface area contributed by atoms with Crippen LogP contribution in [0.1, 0.15) is 13.3 Å². The van der Waals surface area contributed by atoms with Crippen LogP contribution < -0.4 is 0 Å². The van der Waals surface area contributed by atoms with Gasteiger partial charge in [0, 0.05) is 13.1 Å². The van der Waals surface area contributed by atoms with Gasteiger partial charge in [0.1, 0.15) is 0 Å². The van der Waals surface area contributed by atoms with Crippen LogP contribution in [0.25, 0.3) is 0 Å². The molecule has 0 unspecified atom stereocenters. The highest BCUT2D eigenvalue weighted by Gasteiger charge is 1.99. The maximum atomic E-state index is 9.88. The van der Waals surface area contributed by atoms with Gasteiger partial charge in [-0.15, -0.1) is 0 Å². The predicted molar refractivity (Wildman–Crippen MR) is 31.3 cm³/mol. The summed E-state index contributed by atoms with van der Waals surface area (Å²) < 4.78 is 0. The third-order valence-electron chi connectivity index (χ3n) is 0.949. The monoisotopic (exact) mass is 133 g/mol. The van der Waals surface area contributed by atoms with Gasteiger partial charge in [-0.25, -0.2) is 0 Å². The number of carboxylic acid groups (broad SMARTS) is 1. The largest absolute Gasteiger partial charge is 0.481 e. The first-order valence-corrected chi connectivity index (χ1v) is 2.82. The molecule has 0 spiro atoms. The lowest BCUT2D eigenvalue weighted by molar-refractivity contribution is -0.141. The number of hydroxylamine groups is 2. The van der Waals surface area contributed by atoms with Crippen molar-refractivity contribution in [1.82, 2.24) is 5.06 Å². The molecule has 0 rings (SSSR count). The molecule has 4 nitrogen and oxygen atoms in total. The number of hydrogen-bond donors (Lipinski definition) is 2. The van der Waals surface area contributed by atoms with E-state index in [2.05, 4.69) is 0 Å². The summed E-state index contributed by atoms with van der Waals surface area (Å²) in [5, 5.41) is 17.8. The van der Waals surface area contributed by atoms with Crippen LogP contribution in [0.3, 0.4) is 0 Å². The second-order valence-corrected chi connectivity index (χ2v) is 1.69. The zero-order valence-electron chi connectivity index (χ0n) is 5.37. The maximum Gasteiger partial charge on any atom is 0.304 e. The van der Waals surface area contributed by atoms with Crippen molar-refractivity contribution in [3.63, 3.8) is 0 Å². The first-order chi connectivity index (χ1) is 4.16. The van der Waals surface area contributed by atoms with Crippen molar-refractivity contribution in [1.29, 1.82) is 0 Å². The Labute approximate surface area is 53.7 Å². The van der Waals surface area contributed by atoms with Crippen LogP contribution in [0.5, 0.6) is 0 Å². The van der Waals surface area contributed by atoms with Crippen molar-refractivity contribution in [2.24, 2.45) is 0 Å². The Morgan fingerprint density at radius 1 is 1.67 bits per heavy atom. The average molecular weight is 133 g/mol. The van der Waals surface area contributed by atoms with Crippen molar-refractivity contribution < 1.29 is 15.1 Å². The molecule has 0 aromatic carbocycles. The molecule has 0 radical (unpaired) electrons. The fourth-order valence-corrected chi connectivity index (χ4v) is 0.383. The summed E-state index contributed by atoms with van der Waals surface area (Å²) in [5.41, 5.74) is 0. The number of nitrogens with zero attached hydrogens (tertiary/aromatic N) is 1. The van der Waals surface area contributed by atoms with E-state index >= 15 is 0 Å². The fourth-order valence-electron chi connectivity index (χ4n) is 0.383. The molecule has 9 heavy (non-hydrogen) atoms. The highest BCUT2D eigenvalue weighted by Crippen LogP contribution is 1.84. The van der Waals surface area contributed by atoms with E-state index in [0.717, 1.165) is 5.06 Å².